The van der Waals surface area contributed by atoms with Crippen molar-refractivity contribution in [2.24, 2.45) is 0 Å². The van der Waals surface area contributed by atoms with Gasteiger partial charge < -0.3 is 9.42 Å². The van der Waals surface area contributed by atoms with Crippen LogP contribution >= 0.6 is 0 Å². The first kappa shape index (κ1) is 11.5. The standard InChI is InChI=1S/C11H20N4O/c1-8-7-14(4)5-6-15(8)9(2)11-12-10(3)13-16-11/h8-9H,5-7H2,1-4H3/t8-,9+/m0/s1. The number of aryl methyl sites for hydroxylation is 1. The van der Waals surface area contributed by atoms with Crippen molar-refractivity contribution in [1.29, 1.82) is 0 Å². The Bertz CT molecular complexity index is 352. The van der Waals surface area contributed by atoms with Gasteiger partial charge in [0.2, 0.25) is 5.89 Å². The molecule has 0 bridgehead atoms. The fraction of sp³-hybridized carbons (Fsp3) is 0.818. The zero-order valence-corrected chi connectivity index (χ0v) is 10.5. The largest absolute Gasteiger partial charge is 0.338 e. The molecule has 1 saturated heterocycles. The number of hydrogen-bond donors (Lipinski definition) is 0. The van der Waals surface area contributed by atoms with Gasteiger partial charge in [0.1, 0.15) is 0 Å². The van der Waals surface area contributed by atoms with E-state index in [0.29, 0.717) is 11.9 Å². The third-order valence-electron chi connectivity index (χ3n) is 3.28. The summed E-state index contributed by atoms with van der Waals surface area (Å²) in [5, 5.41) is 3.85. The molecule has 0 amide bonds. The van der Waals surface area contributed by atoms with E-state index in [2.05, 4.69) is 40.8 Å². The van der Waals surface area contributed by atoms with E-state index in [0.717, 1.165) is 25.5 Å². The maximum Gasteiger partial charge on any atom is 0.243 e. The molecule has 0 aliphatic carbocycles. The Morgan fingerprint density at radius 2 is 2.19 bits per heavy atom. The molecule has 16 heavy (non-hydrogen) atoms. The van der Waals surface area contributed by atoms with Gasteiger partial charge in [-0.05, 0) is 27.8 Å². The molecular formula is C11H20N4O. The molecule has 5 heteroatoms. The summed E-state index contributed by atoms with van der Waals surface area (Å²) < 4.78 is 5.24. The molecule has 1 aromatic rings. The molecule has 2 atom stereocenters. The molecule has 0 unspecified atom stereocenters. The number of piperazine rings is 1. The zero-order chi connectivity index (χ0) is 11.7. The van der Waals surface area contributed by atoms with Gasteiger partial charge in [-0.2, -0.15) is 4.98 Å². The van der Waals surface area contributed by atoms with Gasteiger partial charge in [0.25, 0.3) is 0 Å². The fourth-order valence-corrected chi connectivity index (χ4v) is 2.35. The molecule has 2 heterocycles. The normalized spacial score (nSPS) is 25.9. The minimum Gasteiger partial charge on any atom is -0.338 e. The van der Waals surface area contributed by atoms with Crippen LogP contribution in [0.2, 0.25) is 0 Å². The van der Waals surface area contributed by atoms with Gasteiger partial charge in [-0.25, -0.2) is 0 Å². The van der Waals surface area contributed by atoms with Crippen molar-refractivity contribution in [3.05, 3.63) is 11.7 Å². The van der Waals surface area contributed by atoms with Crippen molar-refractivity contribution < 1.29 is 4.52 Å². The summed E-state index contributed by atoms with van der Waals surface area (Å²) in [7, 11) is 2.16. The molecule has 1 fully saturated rings. The Morgan fingerprint density at radius 1 is 1.44 bits per heavy atom. The van der Waals surface area contributed by atoms with Gasteiger partial charge in [-0.15, -0.1) is 0 Å². The van der Waals surface area contributed by atoms with Crippen LogP contribution in [-0.4, -0.2) is 52.7 Å². The van der Waals surface area contributed by atoms with Gasteiger partial charge >= 0.3 is 0 Å². The van der Waals surface area contributed by atoms with Crippen LogP contribution in [0.25, 0.3) is 0 Å². The van der Waals surface area contributed by atoms with E-state index in [1.165, 1.54) is 0 Å². The first-order chi connectivity index (χ1) is 7.58. The Labute approximate surface area is 96.4 Å². The lowest BCUT2D eigenvalue weighted by atomic mass is 10.1. The molecule has 90 valence electrons. The van der Waals surface area contributed by atoms with Crippen molar-refractivity contribution in [3.8, 4) is 0 Å². The Morgan fingerprint density at radius 3 is 2.75 bits per heavy atom. The third kappa shape index (κ3) is 2.25. The van der Waals surface area contributed by atoms with Crippen LogP contribution < -0.4 is 0 Å². The second-order valence-corrected chi connectivity index (χ2v) is 4.70. The van der Waals surface area contributed by atoms with E-state index in [4.69, 9.17) is 4.52 Å². The van der Waals surface area contributed by atoms with Crippen LogP contribution in [0.3, 0.4) is 0 Å². The molecule has 0 N–H and O–H groups in total. The smallest absolute Gasteiger partial charge is 0.243 e. The summed E-state index contributed by atoms with van der Waals surface area (Å²) in [5.41, 5.74) is 0. The van der Waals surface area contributed by atoms with Crippen molar-refractivity contribution in [2.45, 2.75) is 32.9 Å². The van der Waals surface area contributed by atoms with Gasteiger partial charge in [-0.1, -0.05) is 5.16 Å². The molecule has 1 aliphatic rings. The quantitative estimate of drug-likeness (QED) is 0.752. The lowest BCUT2D eigenvalue weighted by molar-refractivity contribution is 0.0545. The summed E-state index contributed by atoms with van der Waals surface area (Å²) >= 11 is 0. The van der Waals surface area contributed by atoms with Crippen molar-refractivity contribution in [1.82, 2.24) is 19.9 Å². The second kappa shape index (κ2) is 4.51. The highest BCUT2D eigenvalue weighted by Gasteiger charge is 2.29. The zero-order valence-electron chi connectivity index (χ0n) is 10.5. The number of likely N-dealkylation sites (N-methyl/N-ethyl adjacent to an activating group) is 1. The fourth-order valence-electron chi connectivity index (χ4n) is 2.35. The van der Waals surface area contributed by atoms with Crippen molar-refractivity contribution >= 4 is 0 Å². The van der Waals surface area contributed by atoms with Crippen molar-refractivity contribution in [2.75, 3.05) is 26.7 Å². The predicted octanol–water partition coefficient (Wildman–Crippen LogP) is 1.07. The molecule has 5 nitrogen and oxygen atoms in total. The molecule has 0 radical (unpaired) electrons. The maximum absolute atomic E-state index is 5.24. The monoisotopic (exact) mass is 224 g/mol. The first-order valence-electron chi connectivity index (χ1n) is 5.82. The molecule has 0 spiro atoms. The van der Waals surface area contributed by atoms with Crippen LogP contribution in [0.15, 0.2) is 4.52 Å². The Hall–Kier alpha value is -0.940. The SMILES string of the molecule is Cc1noc([C@@H](C)N2CCN(C)C[C@@H]2C)n1. The topological polar surface area (TPSA) is 45.4 Å². The lowest BCUT2D eigenvalue weighted by Crippen LogP contribution is -2.51. The molecular weight excluding hydrogens is 204 g/mol. The van der Waals surface area contributed by atoms with E-state index < -0.39 is 0 Å². The van der Waals surface area contributed by atoms with E-state index in [-0.39, 0.29) is 6.04 Å². The number of nitrogens with zero attached hydrogens (tertiary/aromatic N) is 4. The molecule has 1 aliphatic heterocycles. The number of rotatable bonds is 2. The molecule has 0 aromatic carbocycles. The minimum absolute atomic E-state index is 0.213. The summed E-state index contributed by atoms with van der Waals surface area (Å²) in [5.74, 6) is 1.44. The average molecular weight is 224 g/mol. The molecule has 1 aromatic heterocycles. The van der Waals surface area contributed by atoms with E-state index >= 15 is 0 Å². The van der Waals surface area contributed by atoms with E-state index in [1.807, 2.05) is 6.92 Å². The Kier molecular flexibility index (Phi) is 3.25. The maximum atomic E-state index is 5.24. The van der Waals surface area contributed by atoms with Gasteiger partial charge in [0, 0.05) is 25.7 Å². The molecule has 2 rings (SSSR count). The van der Waals surface area contributed by atoms with Crippen LogP contribution in [0.5, 0.6) is 0 Å². The number of aromatic nitrogens is 2. The van der Waals surface area contributed by atoms with Gasteiger partial charge in [0.05, 0.1) is 6.04 Å². The highest BCUT2D eigenvalue weighted by Crippen LogP contribution is 2.23. The van der Waals surface area contributed by atoms with Crippen LogP contribution in [0, 0.1) is 6.92 Å². The summed E-state index contributed by atoms with van der Waals surface area (Å²) in [6.07, 6.45) is 0. The third-order valence-corrected chi connectivity index (χ3v) is 3.28. The summed E-state index contributed by atoms with van der Waals surface area (Å²) in [6.45, 7) is 9.48. The second-order valence-electron chi connectivity index (χ2n) is 4.70. The minimum atomic E-state index is 0.213. The van der Waals surface area contributed by atoms with Gasteiger partial charge in [0.15, 0.2) is 5.82 Å². The van der Waals surface area contributed by atoms with Crippen molar-refractivity contribution in [3.63, 3.8) is 0 Å². The highest BCUT2D eigenvalue weighted by molar-refractivity contribution is 4.93. The highest BCUT2D eigenvalue weighted by atomic mass is 16.5. The van der Waals surface area contributed by atoms with Crippen LogP contribution in [-0.2, 0) is 0 Å². The van der Waals surface area contributed by atoms with Crippen LogP contribution in [0.1, 0.15) is 31.6 Å². The first-order valence-corrected chi connectivity index (χ1v) is 5.82. The lowest BCUT2D eigenvalue weighted by Gasteiger charge is -2.40. The van der Waals surface area contributed by atoms with E-state index in [9.17, 15) is 0 Å². The Balaban J connectivity index is 2.07. The van der Waals surface area contributed by atoms with E-state index in [1.54, 1.807) is 0 Å². The average Bonchev–Trinajstić information content (AvgIpc) is 2.64. The van der Waals surface area contributed by atoms with Gasteiger partial charge in [-0.3, -0.25) is 4.90 Å². The molecule has 0 saturated carbocycles. The predicted molar refractivity (Wildman–Crippen MR) is 61.1 cm³/mol. The summed E-state index contributed by atoms with van der Waals surface area (Å²) in [4.78, 5) is 9.08. The number of hydrogen-bond acceptors (Lipinski definition) is 5. The summed E-state index contributed by atoms with van der Waals surface area (Å²) in [6, 6.07) is 0.742. The van der Waals surface area contributed by atoms with Crippen LogP contribution in [0.4, 0.5) is 0 Å².